The number of hydrogen-bond acceptors (Lipinski definition) is 3. The van der Waals surface area contributed by atoms with E-state index in [9.17, 15) is 5.11 Å². The highest BCUT2D eigenvalue weighted by atomic mass is 35.5. The zero-order valence-corrected chi connectivity index (χ0v) is 7.54. The Hall–Kier alpha value is -0.640. The van der Waals surface area contributed by atoms with E-state index >= 15 is 0 Å². The summed E-state index contributed by atoms with van der Waals surface area (Å²) in [5.41, 5.74) is 0.772. The molecule has 0 radical (unpaired) electrons. The first-order valence-corrected chi connectivity index (χ1v) is 4.06. The predicted octanol–water partition coefficient (Wildman–Crippen LogP) is 0.988. The van der Waals surface area contributed by atoms with E-state index in [1.165, 1.54) is 0 Å². The summed E-state index contributed by atoms with van der Waals surface area (Å²) in [5, 5.41) is 12.8. The fourth-order valence-electron chi connectivity index (χ4n) is 0.896. The van der Waals surface area contributed by atoms with Crippen LogP contribution in [0.2, 0.25) is 5.15 Å². The maximum absolute atomic E-state index is 9.47. The van der Waals surface area contributed by atoms with Gasteiger partial charge in [-0.3, -0.25) is 0 Å². The third-order valence-corrected chi connectivity index (χ3v) is 1.76. The molecule has 0 saturated carbocycles. The first kappa shape index (κ1) is 9.45. The molecular weight excluding hydrogens is 176 g/mol. The van der Waals surface area contributed by atoms with Gasteiger partial charge < -0.3 is 10.4 Å². The van der Waals surface area contributed by atoms with Crippen molar-refractivity contribution in [3.05, 3.63) is 29.0 Å². The van der Waals surface area contributed by atoms with Crippen molar-refractivity contribution in [2.24, 2.45) is 0 Å². The zero-order chi connectivity index (χ0) is 8.97. The summed E-state index contributed by atoms with van der Waals surface area (Å²) in [5.74, 6) is 0. The van der Waals surface area contributed by atoms with E-state index in [2.05, 4.69) is 10.3 Å². The summed E-state index contributed by atoms with van der Waals surface area (Å²) < 4.78 is 0. The van der Waals surface area contributed by atoms with Crippen LogP contribution in [-0.4, -0.2) is 23.7 Å². The van der Waals surface area contributed by atoms with Crippen LogP contribution in [0.5, 0.6) is 0 Å². The lowest BCUT2D eigenvalue weighted by Gasteiger charge is -2.08. The molecule has 0 aliphatic carbocycles. The van der Waals surface area contributed by atoms with Crippen LogP contribution < -0.4 is 5.32 Å². The summed E-state index contributed by atoms with van der Waals surface area (Å²) in [4.78, 5) is 3.86. The van der Waals surface area contributed by atoms with Crippen molar-refractivity contribution >= 4 is 11.6 Å². The van der Waals surface area contributed by atoms with Crippen LogP contribution in [0.4, 0.5) is 0 Å². The van der Waals surface area contributed by atoms with Gasteiger partial charge in [-0.2, -0.15) is 0 Å². The minimum absolute atomic E-state index is 0.440. The largest absolute Gasteiger partial charge is 0.387 e. The van der Waals surface area contributed by atoms with Crippen LogP contribution >= 0.6 is 11.6 Å². The molecule has 1 aromatic rings. The van der Waals surface area contributed by atoms with Gasteiger partial charge in [0.1, 0.15) is 5.15 Å². The van der Waals surface area contributed by atoms with Crippen molar-refractivity contribution in [3.63, 3.8) is 0 Å². The maximum atomic E-state index is 9.47. The fraction of sp³-hybridized carbons (Fsp3) is 0.375. The van der Waals surface area contributed by atoms with E-state index < -0.39 is 6.10 Å². The lowest BCUT2D eigenvalue weighted by Crippen LogP contribution is -2.16. The van der Waals surface area contributed by atoms with Gasteiger partial charge in [-0.15, -0.1) is 0 Å². The Kier molecular flexibility index (Phi) is 3.47. The van der Waals surface area contributed by atoms with Crippen LogP contribution in [0, 0.1) is 0 Å². The molecule has 0 aliphatic rings. The number of nitrogens with zero attached hydrogens (tertiary/aromatic N) is 1. The Labute approximate surface area is 76.4 Å². The van der Waals surface area contributed by atoms with E-state index in [1.807, 2.05) is 0 Å². The second-order valence-electron chi connectivity index (χ2n) is 2.49. The molecular formula is C8H11ClN2O. The number of likely N-dealkylation sites (N-methyl/N-ethyl adjacent to an activating group) is 1. The van der Waals surface area contributed by atoms with Gasteiger partial charge in [-0.05, 0) is 13.1 Å². The molecule has 0 amide bonds. The van der Waals surface area contributed by atoms with E-state index in [0.717, 1.165) is 5.56 Å². The van der Waals surface area contributed by atoms with Crippen LogP contribution in [0.1, 0.15) is 11.7 Å². The Morgan fingerprint density at radius 1 is 1.67 bits per heavy atom. The molecule has 12 heavy (non-hydrogen) atoms. The van der Waals surface area contributed by atoms with E-state index in [-0.39, 0.29) is 0 Å². The van der Waals surface area contributed by atoms with Crippen LogP contribution in [0.3, 0.4) is 0 Å². The molecule has 66 valence electrons. The molecule has 3 nitrogen and oxygen atoms in total. The third-order valence-electron chi connectivity index (χ3n) is 1.53. The Morgan fingerprint density at radius 2 is 2.42 bits per heavy atom. The number of pyridine rings is 1. The molecule has 1 aromatic heterocycles. The van der Waals surface area contributed by atoms with Gasteiger partial charge in [0, 0.05) is 18.3 Å². The van der Waals surface area contributed by atoms with Crippen molar-refractivity contribution in [3.8, 4) is 0 Å². The number of hydrogen-bond donors (Lipinski definition) is 2. The lowest BCUT2D eigenvalue weighted by molar-refractivity contribution is 0.177. The number of rotatable bonds is 3. The highest BCUT2D eigenvalue weighted by Crippen LogP contribution is 2.12. The van der Waals surface area contributed by atoms with Crippen LogP contribution in [0.15, 0.2) is 18.3 Å². The van der Waals surface area contributed by atoms with Crippen molar-refractivity contribution in [2.45, 2.75) is 6.10 Å². The highest BCUT2D eigenvalue weighted by Gasteiger charge is 2.05. The molecule has 0 fully saturated rings. The SMILES string of the molecule is CNCC(O)c1ccc(Cl)nc1. The van der Waals surface area contributed by atoms with Gasteiger partial charge >= 0.3 is 0 Å². The summed E-state index contributed by atoms with van der Waals surface area (Å²) in [6, 6.07) is 3.42. The molecule has 4 heteroatoms. The van der Waals surface area contributed by atoms with Crippen LogP contribution in [0.25, 0.3) is 0 Å². The first-order chi connectivity index (χ1) is 5.74. The Morgan fingerprint density at radius 3 is 2.92 bits per heavy atom. The minimum Gasteiger partial charge on any atom is -0.387 e. The van der Waals surface area contributed by atoms with Crippen molar-refractivity contribution < 1.29 is 5.11 Å². The highest BCUT2D eigenvalue weighted by molar-refractivity contribution is 6.29. The summed E-state index contributed by atoms with van der Waals surface area (Å²) in [6.45, 7) is 0.517. The standard InChI is InChI=1S/C8H11ClN2O/c1-10-5-7(12)6-2-3-8(9)11-4-6/h2-4,7,10,12H,5H2,1H3. The van der Waals surface area contributed by atoms with E-state index in [0.29, 0.717) is 11.7 Å². The molecule has 0 aliphatic heterocycles. The Balaban J connectivity index is 2.68. The second-order valence-corrected chi connectivity index (χ2v) is 2.87. The van der Waals surface area contributed by atoms with Crippen molar-refractivity contribution in [1.82, 2.24) is 10.3 Å². The number of halogens is 1. The molecule has 0 saturated heterocycles. The predicted molar refractivity (Wildman–Crippen MR) is 48.1 cm³/mol. The third kappa shape index (κ3) is 2.44. The summed E-state index contributed by atoms with van der Waals surface area (Å²) in [6.07, 6.45) is 1.06. The molecule has 2 N–H and O–H groups in total. The number of nitrogens with one attached hydrogen (secondary N) is 1. The maximum Gasteiger partial charge on any atom is 0.129 e. The quantitative estimate of drug-likeness (QED) is 0.692. The normalized spacial score (nSPS) is 12.9. The van der Waals surface area contributed by atoms with Crippen LogP contribution in [-0.2, 0) is 0 Å². The van der Waals surface area contributed by atoms with Gasteiger partial charge in [0.15, 0.2) is 0 Å². The van der Waals surface area contributed by atoms with Gasteiger partial charge in [0.25, 0.3) is 0 Å². The molecule has 1 atom stereocenters. The molecule has 1 heterocycles. The van der Waals surface area contributed by atoms with Gasteiger partial charge in [0.05, 0.1) is 6.10 Å². The molecule has 0 bridgehead atoms. The lowest BCUT2D eigenvalue weighted by atomic mass is 10.2. The van der Waals surface area contributed by atoms with Gasteiger partial charge in [-0.1, -0.05) is 17.7 Å². The average molecular weight is 187 g/mol. The van der Waals surface area contributed by atoms with Gasteiger partial charge in [-0.25, -0.2) is 4.98 Å². The molecule has 0 spiro atoms. The smallest absolute Gasteiger partial charge is 0.129 e. The fourth-order valence-corrected chi connectivity index (χ4v) is 1.01. The number of aliphatic hydroxyl groups is 1. The van der Waals surface area contributed by atoms with Crippen molar-refractivity contribution in [2.75, 3.05) is 13.6 Å². The number of aliphatic hydroxyl groups excluding tert-OH is 1. The Bertz CT molecular complexity index is 237. The van der Waals surface area contributed by atoms with E-state index in [4.69, 9.17) is 11.6 Å². The van der Waals surface area contributed by atoms with Crippen molar-refractivity contribution in [1.29, 1.82) is 0 Å². The summed E-state index contributed by atoms with van der Waals surface area (Å²) >= 11 is 5.59. The zero-order valence-electron chi connectivity index (χ0n) is 6.79. The minimum atomic E-state index is -0.514. The molecule has 0 aromatic carbocycles. The van der Waals surface area contributed by atoms with E-state index in [1.54, 1.807) is 25.4 Å². The molecule has 1 unspecified atom stereocenters. The second kappa shape index (κ2) is 4.40. The topological polar surface area (TPSA) is 45.1 Å². The average Bonchev–Trinajstić information content (AvgIpc) is 2.06. The van der Waals surface area contributed by atoms with Gasteiger partial charge in [0.2, 0.25) is 0 Å². The monoisotopic (exact) mass is 186 g/mol. The number of aromatic nitrogens is 1. The first-order valence-electron chi connectivity index (χ1n) is 3.68. The molecule has 1 rings (SSSR count). The summed E-state index contributed by atoms with van der Waals surface area (Å²) in [7, 11) is 1.78.